The third-order valence-corrected chi connectivity index (χ3v) is 5.84. The lowest BCUT2D eigenvalue weighted by Crippen LogP contribution is -2.23. The fourth-order valence-corrected chi connectivity index (χ4v) is 4.49. The predicted molar refractivity (Wildman–Crippen MR) is 137 cm³/mol. The number of pyridine rings is 1. The fraction of sp³-hybridized carbons (Fsp3) is 0.357. The van der Waals surface area contributed by atoms with Gasteiger partial charge in [0.05, 0.1) is 18.7 Å². The van der Waals surface area contributed by atoms with Gasteiger partial charge in [0.25, 0.3) is 0 Å². The first kappa shape index (κ1) is 25.2. The molecule has 1 heterocycles. The second kappa shape index (κ2) is 9.85. The van der Waals surface area contributed by atoms with E-state index in [1.165, 1.54) is 0 Å². The first-order chi connectivity index (χ1) is 16.0. The molecule has 0 saturated carbocycles. The number of anilines is 1. The lowest BCUT2D eigenvalue weighted by atomic mass is 9.82. The summed E-state index contributed by atoms with van der Waals surface area (Å²) in [4.78, 5) is 16.3. The number of aromatic nitrogens is 1. The molecular weight excluding hydrogens is 428 g/mol. The Hall–Kier alpha value is -3.38. The molecular formula is C28H34N2O4. The third-order valence-electron chi connectivity index (χ3n) is 5.84. The van der Waals surface area contributed by atoms with E-state index in [0.29, 0.717) is 11.4 Å². The van der Waals surface area contributed by atoms with Crippen molar-refractivity contribution in [3.05, 3.63) is 64.5 Å². The standard InChI is InChI=1S/C28H34N2O4/c1-16-10-11-20(23(13-16)34-28(4,5)6)25-18(3)26(19-9-8-12-30-22(19)15-31)27(29-7)17(2)21(25)14-24(32)33/h8-13,29,31H,14-15H2,1-7H3,(H,32,33). The minimum absolute atomic E-state index is 0.125. The van der Waals surface area contributed by atoms with Gasteiger partial charge >= 0.3 is 5.97 Å². The van der Waals surface area contributed by atoms with E-state index >= 15 is 0 Å². The molecule has 6 heteroatoms. The molecule has 0 spiro atoms. The number of carboxylic acid groups (broad SMARTS) is 1. The van der Waals surface area contributed by atoms with Crippen LogP contribution in [0.5, 0.6) is 5.75 Å². The number of hydrogen-bond donors (Lipinski definition) is 3. The first-order valence-electron chi connectivity index (χ1n) is 11.4. The molecule has 2 aromatic carbocycles. The van der Waals surface area contributed by atoms with E-state index in [1.54, 1.807) is 6.20 Å². The van der Waals surface area contributed by atoms with E-state index in [4.69, 9.17) is 4.74 Å². The largest absolute Gasteiger partial charge is 0.488 e. The molecule has 0 saturated heterocycles. The van der Waals surface area contributed by atoms with Gasteiger partial charge in [0.15, 0.2) is 0 Å². The highest BCUT2D eigenvalue weighted by Crippen LogP contribution is 2.46. The van der Waals surface area contributed by atoms with Crippen LogP contribution < -0.4 is 10.1 Å². The number of nitrogens with one attached hydrogen (secondary N) is 1. The molecule has 180 valence electrons. The Morgan fingerprint density at radius 3 is 2.35 bits per heavy atom. The van der Waals surface area contributed by atoms with Crippen molar-refractivity contribution in [2.75, 3.05) is 12.4 Å². The van der Waals surface area contributed by atoms with Crippen molar-refractivity contribution in [1.82, 2.24) is 4.98 Å². The summed E-state index contributed by atoms with van der Waals surface area (Å²) in [5, 5.41) is 23.1. The molecule has 0 unspecified atom stereocenters. The minimum Gasteiger partial charge on any atom is -0.488 e. The zero-order valence-corrected chi connectivity index (χ0v) is 21.0. The average Bonchev–Trinajstić information content (AvgIpc) is 2.75. The highest BCUT2D eigenvalue weighted by molar-refractivity contribution is 5.94. The summed E-state index contributed by atoms with van der Waals surface area (Å²) in [6.45, 7) is 11.7. The van der Waals surface area contributed by atoms with Crippen LogP contribution in [0.2, 0.25) is 0 Å². The van der Waals surface area contributed by atoms with Crippen LogP contribution in [0.25, 0.3) is 22.3 Å². The summed E-state index contributed by atoms with van der Waals surface area (Å²) < 4.78 is 6.35. The van der Waals surface area contributed by atoms with Gasteiger partial charge in [-0.2, -0.15) is 0 Å². The molecule has 6 nitrogen and oxygen atoms in total. The Morgan fingerprint density at radius 1 is 1.06 bits per heavy atom. The Balaban J connectivity index is 2.49. The van der Waals surface area contributed by atoms with Crippen molar-refractivity contribution in [3.8, 4) is 28.0 Å². The van der Waals surface area contributed by atoms with E-state index in [2.05, 4.69) is 10.3 Å². The van der Waals surface area contributed by atoms with Crippen LogP contribution in [0.4, 0.5) is 5.69 Å². The van der Waals surface area contributed by atoms with Gasteiger partial charge in [0.2, 0.25) is 0 Å². The van der Waals surface area contributed by atoms with E-state index in [0.717, 1.165) is 50.2 Å². The number of rotatable bonds is 7. The van der Waals surface area contributed by atoms with Crippen LogP contribution in [0.3, 0.4) is 0 Å². The molecule has 3 rings (SSSR count). The van der Waals surface area contributed by atoms with Crippen molar-refractivity contribution in [3.63, 3.8) is 0 Å². The Kier molecular flexibility index (Phi) is 7.32. The van der Waals surface area contributed by atoms with E-state index in [-0.39, 0.29) is 13.0 Å². The van der Waals surface area contributed by atoms with E-state index < -0.39 is 11.6 Å². The van der Waals surface area contributed by atoms with E-state index in [9.17, 15) is 15.0 Å². The number of aliphatic hydroxyl groups excluding tert-OH is 1. The minimum atomic E-state index is -0.902. The zero-order chi connectivity index (χ0) is 25.2. The molecule has 1 aromatic heterocycles. The van der Waals surface area contributed by atoms with Crippen molar-refractivity contribution < 1.29 is 19.7 Å². The lowest BCUT2D eigenvalue weighted by Gasteiger charge is -2.28. The second-order valence-electron chi connectivity index (χ2n) is 9.54. The first-order valence-corrected chi connectivity index (χ1v) is 11.4. The Bertz CT molecular complexity index is 1230. The maximum atomic E-state index is 11.9. The topological polar surface area (TPSA) is 91.7 Å². The summed E-state index contributed by atoms with van der Waals surface area (Å²) in [6.07, 6.45) is 1.53. The maximum Gasteiger partial charge on any atom is 0.307 e. The molecule has 3 N–H and O–H groups in total. The molecule has 0 atom stereocenters. The van der Waals surface area contributed by atoms with Gasteiger partial charge in [-0.3, -0.25) is 9.78 Å². The number of benzene rings is 2. The summed E-state index contributed by atoms with van der Waals surface area (Å²) in [5.41, 5.74) is 7.86. The third kappa shape index (κ3) is 5.07. The van der Waals surface area contributed by atoms with Crippen molar-refractivity contribution in [1.29, 1.82) is 0 Å². The number of nitrogens with zero attached hydrogens (tertiary/aromatic N) is 1. The number of ether oxygens (including phenoxy) is 1. The van der Waals surface area contributed by atoms with Crippen LogP contribution in [0, 0.1) is 20.8 Å². The smallest absolute Gasteiger partial charge is 0.307 e. The highest BCUT2D eigenvalue weighted by atomic mass is 16.5. The molecule has 0 radical (unpaired) electrons. The molecule has 0 aliphatic heterocycles. The number of carboxylic acids is 1. The quantitative estimate of drug-likeness (QED) is 0.418. The Labute approximate surface area is 201 Å². The van der Waals surface area contributed by atoms with Gasteiger partial charge < -0.3 is 20.3 Å². The molecule has 0 amide bonds. The number of hydrogen-bond acceptors (Lipinski definition) is 5. The number of aryl methyl sites for hydroxylation is 1. The normalized spacial score (nSPS) is 11.4. The maximum absolute atomic E-state index is 11.9. The molecule has 0 aliphatic rings. The van der Waals surface area contributed by atoms with Crippen LogP contribution in [-0.4, -0.2) is 33.8 Å². The fourth-order valence-electron chi connectivity index (χ4n) is 4.49. The number of aliphatic carboxylic acids is 1. The van der Waals surface area contributed by atoms with Crippen LogP contribution >= 0.6 is 0 Å². The zero-order valence-electron chi connectivity index (χ0n) is 21.0. The second-order valence-corrected chi connectivity index (χ2v) is 9.54. The van der Waals surface area contributed by atoms with Gasteiger partial charge in [-0.15, -0.1) is 0 Å². The number of aliphatic hydroxyl groups is 1. The van der Waals surface area contributed by atoms with Crippen molar-refractivity contribution in [2.24, 2.45) is 0 Å². The molecule has 0 fully saturated rings. The van der Waals surface area contributed by atoms with Crippen LogP contribution in [0.1, 0.15) is 48.7 Å². The summed E-state index contributed by atoms with van der Waals surface area (Å²) in [6, 6.07) is 9.79. The predicted octanol–water partition coefficient (Wildman–Crippen LogP) is 5.68. The van der Waals surface area contributed by atoms with Gasteiger partial charge in [0.1, 0.15) is 11.4 Å². The van der Waals surface area contributed by atoms with Gasteiger partial charge in [-0.25, -0.2) is 0 Å². The van der Waals surface area contributed by atoms with Crippen molar-refractivity contribution in [2.45, 2.75) is 60.2 Å². The Morgan fingerprint density at radius 2 is 1.76 bits per heavy atom. The molecule has 34 heavy (non-hydrogen) atoms. The SMILES string of the molecule is CNc1c(C)c(CC(=O)O)c(-c2ccc(C)cc2OC(C)(C)C)c(C)c1-c1cccnc1CO. The lowest BCUT2D eigenvalue weighted by molar-refractivity contribution is -0.136. The van der Waals surface area contributed by atoms with Gasteiger partial charge in [-0.05, 0) is 81.5 Å². The highest BCUT2D eigenvalue weighted by Gasteiger charge is 2.26. The molecule has 3 aromatic rings. The van der Waals surface area contributed by atoms with Crippen LogP contribution in [-0.2, 0) is 17.8 Å². The van der Waals surface area contributed by atoms with Gasteiger partial charge in [-0.1, -0.05) is 18.2 Å². The molecule has 0 bridgehead atoms. The monoisotopic (exact) mass is 462 g/mol. The average molecular weight is 463 g/mol. The molecule has 0 aliphatic carbocycles. The summed E-state index contributed by atoms with van der Waals surface area (Å²) >= 11 is 0. The summed E-state index contributed by atoms with van der Waals surface area (Å²) in [5.74, 6) is -0.195. The van der Waals surface area contributed by atoms with Crippen molar-refractivity contribution >= 4 is 11.7 Å². The summed E-state index contributed by atoms with van der Waals surface area (Å²) in [7, 11) is 1.82. The van der Waals surface area contributed by atoms with Gasteiger partial charge in [0, 0.05) is 35.6 Å². The number of carbonyl (C=O) groups is 1. The van der Waals surface area contributed by atoms with Crippen LogP contribution in [0.15, 0.2) is 36.5 Å². The van der Waals surface area contributed by atoms with E-state index in [1.807, 2.05) is 78.9 Å².